The Balaban J connectivity index is 0.745. The molecule has 5 nitrogen and oxygen atoms in total. The van der Waals surface area contributed by atoms with Crippen LogP contribution in [0.3, 0.4) is 0 Å². The molecule has 0 bridgehead atoms. The molecule has 0 aromatic heterocycles. The molecule has 2 aliphatic heterocycles. The highest BCUT2D eigenvalue weighted by atomic mass is 32.2. The number of rotatable bonds is 6. The van der Waals surface area contributed by atoms with Crippen LogP contribution in [0.15, 0.2) is 0 Å². The molecule has 9 aliphatic rings. The molecule has 0 N–H and O–H groups in total. The lowest BCUT2D eigenvalue weighted by atomic mass is 9.62. The second-order valence-electron chi connectivity index (χ2n) is 20.2. The molecule has 6 heteroatoms. The zero-order valence-electron chi connectivity index (χ0n) is 32.2. The van der Waals surface area contributed by atoms with Gasteiger partial charge in [0.2, 0.25) is 0 Å². The molecule has 7 saturated carbocycles. The van der Waals surface area contributed by atoms with Gasteiger partial charge in [0.25, 0.3) is 0 Å². The van der Waals surface area contributed by atoms with Gasteiger partial charge in [0.1, 0.15) is 5.78 Å². The SMILES string of the molecule is O=C1CC(C2CCC(S(=O)(=O)C3CCCCC3)CC2)OC2CCC(C3CCC(C4CCC5C(C4)C4CCCCC4N5C4CCCCC4)CC3)CC12. The summed E-state index contributed by atoms with van der Waals surface area (Å²) >= 11 is 0. The maximum atomic E-state index is 13.7. The Hall–Kier alpha value is -0.460. The zero-order chi connectivity index (χ0) is 34.5. The van der Waals surface area contributed by atoms with E-state index in [9.17, 15) is 13.2 Å². The van der Waals surface area contributed by atoms with Gasteiger partial charge >= 0.3 is 0 Å². The fourth-order valence-electron chi connectivity index (χ4n) is 15.2. The molecule has 7 aliphatic carbocycles. The summed E-state index contributed by atoms with van der Waals surface area (Å²) in [5.74, 6) is 6.43. The Bertz CT molecular complexity index is 1290. The Morgan fingerprint density at radius 1 is 0.471 bits per heavy atom. The third kappa shape index (κ3) is 7.22. The fourth-order valence-corrected chi connectivity index (χ4v) is 17.7. The third-order valence-electron chi connectivity index (χ3n) is 17.9. The lowest BCUT2D eigenvalue weighted by Crippen LogP contribution is -2.49. The lowest BCUT2D eigenvalue weighted by molar-refractivity contribution is -0.162. The molecule has 9 fully saturated rings. The van der Waals surface area contributed by atoms with Crippen LogP contribution in [0, 0.1) is 47.3 Å². The predicted molar refractivity (Wildman–Crippen MR) is 205 cm³/mol. The molecule has 2 saturated heterocycles. The van der Waals surface area contributed by atoms with Crippen molar-refractivity contribution in [2.24, 2.45) is 47.3 Å². The van der Waals surface area contributed by atoms with Gasteiger partial charge < -0.3 is 4.74 Å². The number of likely N-dealkylation sites (tertiary alicyclic amines) is 1. The number of fused-ring (bicyclic) bond motifs is 4. The summed E-state index contributed by atoms with van der Waals surface area (Å²) in [5.41, 5.74) is 0. The maximum absolute atomic E-state index is 13.7. The predicted octanol–water partition coefficient (Wildman–Crippen LogP) is 10.2. The van der Waals surface area contributed by atoms with Crippen molar-refractivity contribution in [2.45, 2.75) is 227 Å². The van der Waals surface area contributed by atoms with E-state index in [1.165, 1.54) is 109 Å². The number of hydrogen-bond donors (Lipinski definition) is 0. The zero-order valence-corrected chi connectivity index (χ0v) is 33.0. The van der Waals surface area contributed by atoms with Gasteiger partial charge in [0.05, 0.1) is 22.7 Å². The molecule has 0 spiro atoms. The number of carbonyl (C=O) groups is 1. The number of sulfone groups is 1. The number of ketones is 1. The molecule has 0 aromatic carbocycles. The minimum atomic E-state index is -3.02. The summed E-state index contributed by atoms with van der Waals surface area (Å²) in [6.45, 7) is 0. The molecule has 9 atom stereocenters. The number of Topliss-reactive ketones (excluding diaryl/α,β-unsaturated/α-hetero) is 1. The van der Waals surface area contributed by atoms with Gasteiger partial charge in [-0.15, -0.1) is 0 Å². The summed E-state index contributed by atoms with van der Waals surface area (Å²) in [4.78, 5) is 16.9. The topological polar surface area (TPSA) is 63.7 Å². The number of ether oxygens (including phenoxy) is 1. The van der Waals surface area contributed by atoms with E-state index in [4.69, 9.17) is 4.74 Å². The summed E-state index contributed by atoms with van der Waals surface area (Å²) in [6.07, 6.45) is 36.2. The second-order valence-corrected chi connectivity index (χ2v) is 22.7. The quantitative estimate of drug-likeness (QED) is 0.273. The first-order valence-corrected chi connectivity index (χ1v) is 24.7. The van der Waals surface area contributed by atoms with Crippen molar-refractivity contribution in [2.75, 3.05) is 0 Å². The van der Waals surface area contributed by atoms with E-state index in [1.807, 2.05) is 0 Å². The number of hydrogen-bond acceptors (Lipinski definition) is 5. The maximum Gasteiger partial charge on any atom is 0.156 e. The second kappa shape index (κ2) is 15.6. The average Bonchev–Trinajstić information content (AvgIpc) is 3.52. The van der Waals surface area contributed by atoms with Gasteiger partial charge in [-0.05, 0) is 170 Å². The minimum absolute atomic E-state index is 0.0256. The van der Waals surface area contributed by atoms with Gasteiger partial charge in [-0.25, -0.2) is 8.42 Å². The van der Waals surface area contributed by atoms with Gasteiger partial charge in [-0.3, -0.25) is 9.69 Å². The third-order valence-corrected chi connectivity index (χ3v) is 20.7. The van der Waals surface area contributed by atoms with Crippen LogP contribution in [0.5, 0.6) is 0 Å². The van der Waals surface area contributed by atoms with Crippen molar-refractivity contribution in [1.29, 1.82) is 0 Å². The van der Waals surface area contributed by atoms with Crippen LogP contribution in [0.25, 0.3) is 0 Å². The standard InChI is InChI=1S/C45H73NO4S/c47-43-29-45(32-19-23-37(24-20-32)51(48,49)36-11-5-2-6-12-36)50-44-26-22-34(28-40(43)44)31-17-15-30(16-18-31)33-21-25-42-39(27-33)38-13-7-8-14-41(38)46(42)35-9-3-1-4-10-35/h30-42,44-45H,1-29H2. The number of carbonyl (C=O) groups excluding carboxylic acids is 1. The number of nitrogens with zero attached hydrogens (tertiary/aromatic N) is 1. The molecule has 9 unspecified atom stereocenters. The van der Waals surface area contributed by atoms with E-state index < -0.39 is 9.84 Å². The highest BCUT2D eigenvalue weighted by molar-refractivity contribution is 7.92. The van der Waals surface area contributed by atoms with Crippen LogP contribution < -0.4 is 0 Å². The van der Waals surface area contributed by atoms with E-state index >= 15 is 0 Å². The van der Waals surface area contributed by atoms with Crippen molar-refractivity contribution in [1.82, 2.24) is 4.90 Å². The Kier molecular flexibility index (Phi) is 11.1. The molecule has 0 radical (unpaired) electrons. The highest BCUT2D eigenvalue weighted by Crippen LogP contribution is 2.55. The van der Waals surface area contributed by atoms with Crippen LogP contribution >= 0.6 is 0 Å². The summed E-state index contributed by atoms with van der Waals surface area (Å²) in [6, 6.07) is 2.75. The van der Waals surface area contributed by atoms with Gasteiger partial charge in [-0.2, -0.15) is 0 Å². The van der Waals surface area contributed by atoms with Gasteiger partial charge in [0, 0.05) is 30.5 Å². The Labute approximate surface area is 311 Å². The molecule has 0 aromatic rings. The molecule has 0 amide bonds. The van der Waals surface area contributed by atoms with Crippen molar-refractivity contribution >= 4 is 15.6 Å². The summed E-state index contributed by atoms with van der Waals surface area (Å²) in [7, 11) is -3.02. The first-order valence-electron chi connectivity index (χ1n) is 23.1. The normalized spacial score (nSPS) is 46.6. The lowest BCUT2D eigenvalue weighted by Gasteiger charge is -2.47. The van der Waals surface area contributed by atoms with E-state index in [-0.39, 0.29) is 28.6 Å². The average molecular weight is 724 g/mol. The van der Waals surface area contributed by atoms with Gasteiger partial charge in [0.15, 0.2) is 9.84 Å². The Morgan fingerprint density at radius 3 is 1.75 bits per heavy atom. The van der Waals surface area contributed by atoms with E-state index in [1.54, 1.807) is 6.42 Å². The minimum Gasteiger partial charge on any atom is -0.373 e. The first kappa shape index (κ1) is 36.2. The highest BCUT2D eigenvalue weighted by Gasteiger charge is 2.54. The van der Waals surface area contributed by atoms with Crippen LogP contribution in [-0.4, -0.2) is 59.9 Å². The van der Waals surface area contributed by atoms with Crippen molar-refractivity contribution in [3.63, 3.8) is 0 Å². The monoisotopic (exact) mass is 724 g/mol. The van der Waals surface area contributed by atoms with Crippen LogP contribution in [0.4, 0.5) is 0 Å². The van der Waals surface area contributed by atoms with Crippen molar-refractivity contribution in [3.8, 4) is 0 Å². The molecule has 288 valence electrons. The molecule has 9 rings (SSSR count). The van der Waals surface area contributed by atoms with Crippen molar-refractivity contribution in [3.05, 3.63) is 0 Å². The largest absolute Gasteiger partial charge is 0.373 e. The Morgan fingerprint density at radius 2 is 1.02 bits per heavy atom. The smallest absolute Gasteiger partial charge is 0.156 e. The van der Waals surface area contributed by atoms with E-state index in [0.717, 1.165) is 112 Å². The van der Waals surface area contributed by atoms with E-state index in [2.05, 4.69) is 4.90 Å². The van der Waals surface area contributed by atoms with Crippen LogP contribution in [-0.2, 0) is 19.4 Å². The molecular weight excluding hydrogens is 651 g/mol. The fraction of sp³-hybridized carbons (Fsp3) is 0.978. The summed E-state index contributed by atoms with van der Waals surface area (Å²) in [5, 5.41) is -0.257. The van der Waals surface area contributed by atoms with Gasteiger partial charge in [-0.1, -0.05) is 51.4 Å². The van der Waals surface area contributed by atoms with Crippen LogP contribution in [0.2, 0.25) is 0 Å². The van der Waals surface area contributed by atoms with Crippen LogP contribution in [0.1, 0.15) is 186 Å². The van der Waals surface area contributed by atoms with Crippen molar-refractivity contribution < 1.29 is 17.9 Å². The summed E-state index contributed by atoms with van der Waals surface area (Å²) < 4.78 is 33.6. The molecule has 51 heavy (non-hydrogen) atoms. The molecule has 2 heterocycles. The van der Waals surface area contributed by atoms with E-state index in [0.29, 0.717) is 24.0 Å². The molecular formula is C45H73NO4S. The first-order chi connectivity index (χ1) is 24.9.